The number of anilines is 1. The molecule has 3 aromatic carbocycles. The standard InChI is InChI=1S/C29H31N9O2/c1-5-8-26-31-28-19(2)15-22(30-27(36(3)4)18-38(39)40)16-25(28)37(26)17-20-11-13-21(14-12-20)23-9-6-7-10-24(23)29-32-34-35-33-29/h6-7,9-16,18,30H,5,8,17H2,1-4H3,(H,32,33,34,35)/b27-18-. The third kappa shape index (κ3) is 5.53. The summed E-state index contributed by atoms with van der Waals surface area (Å²) in [6, 6.07) is 20.5. The molecule has 0 aliphatic rings. The summed E-state index contributed by atoms with van der Waals surface area (Å²) in [4.78, 5) is 17.4. The summed E-state index contributed by atoms with van der Waals surface area (Å²) in [5.41, 5.74) is 7.82. The summed E-state index contributed by atoms with van der Waals surface area (Å²) < 4.78 is 2.24. The Bertz CT molecular complexity index is 1670. The van der Waals surface area contributed by atoms with E-state index in [2.05, 4.69) is 67.8 Å². The van der Waals surface area contributed by atoms with E-state index in [1.54, 1.807) is 19.0 Å². The number of nitro groups is 1. The number of fused-ring (bicyclic) bond motifs is 1. The molecule has 0 spiro atoms. The van der Waals surface area contributed by atoms with Gasteiger partial charge in [-0.25, -0.2) is 4.98 Å². The van der Waals surface area contributed by atoms with Gasteiger partial charge in [-0.3, -0.25) is 10.1 Å². The van der Waals surface area contributed by atoms with Crippen molar-refractivity contribution < 1.29 is 4.92 Å². The second-order valence-corrected chi connectivity index (χ2v) is 9.82. The highest BCUT2D eigenvalue weighted by Gasteiger charge is 2.16. The molecule has 5 rings (SSSR count). The number of imidazole rings is 1. The highest BCUT2D eigenvalue weighted by molar-refractivity contribution is 5.84. The van der Waals surface area contributed by atoms with Crippen molar-refractivity contribution in [3.63, 3.8) is 0 Å². The van der Waals surface area contributed by atoms with Crippen LogP contribution in [0.25, 0.3) is 33.5 Å². The molecule has 0 atom stereocenters. The van der Waals surface area contributed by atoms with Crippen molar-refractivity contribution in [2.45, 2.75) is 33.2 Å². The molecule has 2 heterocycles. The molecule has 0 saturated carbocycles. The molecule has 0 fully saturated rings. The summed E-state index contributed by atoms with van der Waals surface area (Å²) in [5.74, 6) is 1.96. The van der Waals surface area contributed by atoms with Gasteiger partial charge in [0, 0.05) is 38.3 Å². The first-order chi connectivity index (χ1) is 19.3. The number of hydrogen-bond donors (Lipinski definition) is 2. The Balaban J connectivity index is 1.50. The number of nitrogens with one attached hydrogen (secondary N) is 2. The molecule has 0 unspecified atom stereocenters. The predicted molar refractivity (Wildman–Crippen MR) is 155 cm³/mol. The molecule has 11 nitrogen and oxygen atoms in total. The van der Waals surface area contributed by atoms with Crippen LogP contribution in [-0.2, 0) is 13.0 Å². The number of tetrazole rings is 1. The van der Waals surface area contributed by atoms with Gasteiger partial charge in [0.05, 0.1) is 16.0 Å². The summed E-state index contributed by atoms with van der Waals surface area (Å²) in [6.45, 7) is 4.81. The van der Waals surface area contributed by atoms with Crippen LogP contribution in [0, 0.1) is 17.0 Å². The molecular weight excluding hydrogens is 506 g/mol. The molecule has 2 N–H and O–H groups in total. The zero-order chi connectivity index (χ0) is 28.2. The Morgan fingerprint density at radius 3 is 2.52 bits per heavy atom. The van der Waals surface area contributed by atoms with Crippen LogP contribution in [0.4, 0.5) is 5.69 Å². The molecule has 0 aliphatic carbocycles. The van der Waals surface area contributed by atoms with E-state index in [0.29, 0.717) is 18.2 Å². The van der Waals surface area contributed by atoms with E-state index in [0.717, 1.165) is 69.4 Å². The predicted octanol–water partition coefficient (Wildman–Crippen LogP) is 5.24. The molecule has 0 amide bonds. The number of aromatic amines is 1. The van der Waals surface area contributed by atoms with E-state index >= 15 is 0 Å². The minimum atomic E-state index is -0.457. The van der Waals surface area contributed by atoms with Gasteiger partial charge in [-0.1, -0.05) is 55.5 Å². The maximum atomic E-state index is 11.1. The first-order valence-electron chi connectivity index (χ1n) is 13.1. The molecule has 0 bridgehead atoms. The van der Waals surface area contributed by atoms with Gasteiger partial charge in [-0.2, -0.15) is 5.21 Å². The highest BCUT2D eigenvalue weighted by Crippen LogP contribution is 2.31. The van der Waals surface area contributed by atoms with Crippen LogP contribution in [0.15, 0.2) is 72.7 Å². The van der Waals surface area contributed by atoms with E-state index in [-0.39, 0.29) is 0 Å². The molecular formula is C29H31N9O2. The van der Waals surface area contributed by atoms with E-state index in [9.17, 15) is 10.1 Å². The SMILES string of the molecule is CCCc1nc2c(C)cc(N/C(=C/[N+](=O)[O-])N(C)C)cc2n1Cc1ccc(-c2ccccc2-c2nn[nH]n2)cc1. The van der Waals surface area contributed by atoms with Crippen molar-refractivity contribution in [3.8, 4) is 22.5 Å². The normalized spacial score (nSPS) is 11.7. The average Bonchev–Trinajstić information content (AvgIpc) is 3.58. The van der Waals surface area contributed by atoms with Crippen LogP contribution in [0.2, 0.25) is 0 Å². The minimum absolute atomic E-state index is 0.389. The van der Waals surface area contributed by atoms with Crippen molar-refractivity contribution in [1.29, 1.82) is 0 Å². The largest absolute Gasteiger partial charge is 0.359 e. The maximum absolute atomic E-state index is 11.1. The Labute approximate surface area is 231 Å². The fourth-order valence-electron chi connectivity index (χ4n) is 4.79. The van der Waals surface area contributed by atoms with Crippen LogP contribution in [-0.4, -0.2) is 54.1 Å². The first kappa shape index (κ1) is 26.5. The Hall–Kier alpha value is -5.06. The van der Waals surface area contributed by atoms with E-state index in [1.807, 2.05) is 37.3 Å². The molecule has 0 aliphatic heterocycles. The van der Waals surface area contributed by atoms with Gasteiger partial charge < -0.3 is 14.8 Å². The topological polar surface area (TPSA) is 131 Å². The third-order valence-corrected chi connectivity index (χ3v) is 6.70. The van der Waals surface area contributed by atoms with Gasteiger partial charge in [0.2, 0.25) is 5.82 Å². The van der Waals surface area contributed by atoms with Crippen molar-refractivity contribution in [1.82, 2.24) is 35.1 Å². The number of nitrogens with zero attached hydrogens (tertiary/aromatic N) is 7. The fourth-order valence-corrected chi connectivity index (χ4v) is 4.79. The lowest BCUT2D eigenvalue weighted by Gasteiger charge is -2.17. The first-order valence-corrected chi connectivity index (χ1v) is 13.1. The minimum Gasteiger partial charge on any atom is -0.359 e. The average molecular weight is 538 g/mol. The Kier molecular flexibility index (Phi) is 7.54. The lowest BCUT2D eigenvalue weighted by atomic mass is 9.98. The molecule has 0 radical (unpaired) electrons. The van der Waals surface area contributed by atoms with Crippen LogP contribution in [0.5, 0.6) is 0 Å². The smallest absolute Gasteiger partial charge is 0.274 e. The number of rotatable bonds is 10. The van der Waals surface area contributed by atoms with Gasteiger partial charge in [-0.05, 0) is 52.9 Å². The van der Waals surface area contributed by atoms with Crippen molar-refractivity contribution >= 4 is 16.7 Å². The van der Waals surface area contributed by atoms with E-state index in [1.165, 1.54) is 0 Å². The number of H-pyrrole nitrogens is 1. The van der Waals surface area contributed by atoms with Crippen LogP contribution >= 0.6 is 0 Å². The van der Waals surface area contributed by atoms with E-state index in [4.69, 9.17) is 4.98 Å². The van der Waals surface area contributed by atoms with E-state index < -0.39 is 4.92 Å². The van der Waals surface area contributed by atoms with Crippen LogP contribution < -0.4 is 5.32 Å². The Morgan fingerprint density at radius 2 is 1.88 bits per heavy atom. The third-order valence-electron chi connectivity index (χ3n) is 6.70. The summed E-state index contributed by atoms with van der Waals surface area (Å²) >= 11 is 0. The van der Waals surface area contributed by atoms with Crippen molar-refractivity contribution in [3.05, 3.63) is 99.8 Å². The molecule has 11 heteroatoms. The maximum Gasteiger partial charge on any atom is 0.274 e. The lowest BCUT2D eigenvalue weighted by Crippen LogP contribution is -2.19. The zero-order valence-corrected chi connectivity index (χ0v) is 22.9. The molecule has 0 saturated heterocycles. The number of aryl methyl sites for hydroxylation is 2. The quantitative estimate of drug-likeness (QED) is 0.183. The van der Waals surface area contributed by atoms with Crippen LogP contribution in [0.1, 0.15) is 30.3 Å². The van der Waals surface area contributed by atoms with Gasteiger partial charge in [0.25, 0.3) is 6.20 Å². The van der Waals surface area contributed by atoms with Crippen LogP contribution in [0.3, 0.4) is 0 Å². The number of benzene rings is 3. The zero-order valence-electron chi connectivity index (χ0n) is 22.9. The fraction of sp³-hybridized carbons (Fsp3) is 0.241. The number of hydrogen-bond acceptors (Lipinski definition) is 8. The summed E-state index contributed by atoms with van der Waals surface area (Å²) in [5, 5.41) is 28.9. The number of aromatic nitrogens is 6. The summed E-state index contributed by atoms with van der Waals surface area (Å²) in [7, 11) is 3.53. The molecule has 2 aromatic heterocycles. The second kappa shape index (κ2) is 11.4. The molecule has 204 valence electrons. The molecule has 5 aromatic rings. The highest BCUT2D eigenvalue weighted by atomic mass is 16.6. The molecule has 40 heavy (non-hydrogen) atoms. The lowest BCUT2D eigenvalue weighted by molar-refractivity contribution is -0.404. The Morgan fingerprint density at radius 1 is 1.12 bits per heavy atom. The van der Waals surface area contributed by atoms with Gasteiger partial charge in [-0.15, -0.1) is 10.2 Å². The monoisotopic (exact) mass is 537 g/mol. The summed E-state index contributed by atoms with van der Waals surface area (Å²) in [6.07, 6.45) is 2.78. The van der Waals surface area contributed by atoms with Gasteiger partial charge >= 0.3 is 0 Å². The van der Waals surface area contributed by atoms with Gasteiger partial charge in [0.15, 0.2) is 5.82 Å². The van der Waals surface area contributed by atoms with Crippen molar-refractivity contribution in [2.24, 2.45) is 0 Å². The second-order valence-electron chi connectivity index (χ2n) is 9.82. The van der Waals surface area contributed by atoms with Gasteiger partial charge in [0.1, 0.15) is 5.82 Å². The van der Waals surface area contributed by atoms with Crippen molar-refractivity contribution in [2.75, 3.05) is 19.4 Å².